The van der Waals surface area contributed by atoms with E-state index in [9.17, 15) is 13.2 Å². The van der Waals surface area contributed by atoms with Gasteiger partial charge in [-0.1, -0.05) is 19.9 Å². The maximum absolute atomic E-state index is 11.4. The van der Waals surface area contributed by atoms with Crippen LogP contribution in [0.4, 0.5) is 0 Å². The van der Waals surface area contributed by atoms with Crippen LogP contribution < -0.4 is 4.72 Å². The normalized spacial score (nSPS) is 13.8. The monoisotopic (exact) mass is 235 g/mol. The van der Waals surface area contributed by atoms with Crippen molar-refractivity contribution in [2.75, 3.05) is 5.75 Å². The Hall–Kier alpha value is -0.880. The summed E-state index contributed by atoms with van der Waals surface area (Å²) in [4.78, 5) is 10.7. The zero-order chi connectivity index (χ0) is 12.1. The molecule has 15 heavy (non-hydrogen) atoms. The number of carboxylic acid groups (broad SMARTS) is 1. The Bertz CT molecular complexity index is 321. The Morgan fingerprint density at radius 3 is 2.40 bits per heavy atom. The van der Waals surface area contributed by atoms with Crippen LogP contribution in [0.1, 0.15) is 20.3 Å². The average Bonchev–Trinajstić information content (AvgIpc) is 2.10. The first-order valence-electron chi connectivity index (χ1n) is 4.64. The van der Waals surface area contributed by atoms with Gasteiger partial charge in [0, 0.05) is 0 Å². The molecule has 0 heterocycles. The molecule has 0 aromatic rings. The lowest BCUT2D eigenvalue weighted by Crippen LogP contribution is -2.45. The second kappa shape index (κ2) is 5.87. The Morgan fingerprint density at radius 1 is 1.53 bits per heavy atom. The summed E-state index contributed by atoms with van der Waals surface area (Å²) in [6, 6.07) is -1.07. The van der Waals surface area contributed by atoms with Crippen LogP contribution in [0.3, 0.4) is 0 Å². The lowest BCUT2D eigenvalue weighted by Gasteiger charge is -2.17. The number of hydrogen-bond acceptors (Lipinski definition) is 3. The maximum atomic E-state index is 11.4. The maximum Gasteiger partial charge on any atom is 0.321 e. The van der Waals surface area contributed by atoms with Crippen molar-refractivity contribution in [3.05, 3.63) is 12.7 Å². The van der Waals surface area contributed by atoms with Gasteiger partial charge in [0.1, 0.15) is 6.04 Å². The van der Waals surface area contributed by atoms with Crippen molar-refractivity contribution in [3.8, 4) is 0 Å². The lowest BCUT2D eigenvalue weighted by atomic mass is 10.1. The van der Waals surface area contributed by atoms with E-state index < -0.39 is 22.0 Å². The average molecular weight is 235 g/mol. The van der Waals surface area contributed by atoms with Gasteiger partial charge in [0.05, 0.1) is 5.75 Å². The number of aliphatic carboxylic acids is 1. The highest BCUT2D eigenvalue weighted by Gasteiger charge is 2.26. The minimum Gasteiger partial charge on any atom is -0.480 e. The van der Waals surface area contributed by atoms with Crippen LogP contribution in [-0.4, -0.2) is 31.3 Å². The molecule has 5 nitrogen and oxygen atoms in total. The lowest BCUT2D eigenvalue weighted by molar-refractivity contribution is -0.140. The first-order chi connectivity index (χ1) is 6.80. The molecule has 0 bridgehead atoms. The summed E-state index contributed by atoms with van der Waals surface area (Å²) >= 11 is 0. The zero-order valence-corrected chi connectivity index (χ0v) is 9.75. The highest BCUT2D eigenvalue weighted by atomic mass is 32.2. The van der Waals surface area contributed by atoms with Crippen molar-refractivity contribution in [1.29, 1.82) is 0 Å². The van der Waals surface area contributed by atoms with Crippen molar-refractivity contribution < 1.29 is 18.3 Å². The number of sulfonamides is 1. The van der Waals surface area contributed by atoms with Gasteiger partial charge in [-0.3, -0.25) is 4.79 Å². The molecule has 0 aliphatic carbocycles. The fraction of sp³-hybridized carbons (Fsp3) is 0.667. The predicted molar refractivity (Wildman–Crippen MR) is 58.0 cm³/mol. The van der Waals surface area contributed by atoms with E-state index in [1.807, 2.05) is 0 Å². The van der Waals surface area contributed by atoms with Crippen molar-refractivity contribution in [1.82, 2.24) is 4.72 Å². The molecule has 0 aromatic heterocycles. The molecule has 0 aromatic carbocycles. The molecule has 0 unspecified atom stereocenters. The van der Waals surface area contributed by atoms with Crippen LogP contribution in [0.5, 0.6) is 0 Å². The van der Waals surface area contributed by atoms with Crippen LogP contribution in [0.2, 0.25) is 0 Å². The van der Waals surface area contributed by atoms with E-state index in [-0.39, 0.29) is 11.7 Å². The summed E-state index contributed by atoms with van der Waals surface area (Å²) in [6.45, 7) is 6.70. The molecule has 0 aliphatic rings. The number of allylic oxidation sites excluding steroid dienone is 1. The number of rotatable bonds is 7. The molecule has 0 aliphatic heterocycles. The molecule has 6 heteroatoms. The number of nitrogens with one attached hydrogen (secondary N) is 1. The van der Waals surface area contributed by atoms with Crippen molar-refractivity contribution >= 4 is 16.0 Å². The number of carbonyl (C=O) groups is 1. The topological polar surface area (TPSA) is 83.5 Å². The summed E-state index contributed by atoms with van der Waals surface area (Å²) in [7, 11) is -3.54. The Labute approximate surface area is 90.2 Å². The minimum absolute atomic E-state index is 0.132. The van der Waals surface area contributed by atoms with Gasteiger partial charge in [-0.2, -0.15) is 0 Å². The van der Waals surface area contributed by atoms with Gasteiger partial charge in [-0.15, -0.1) is 6.58 Å². The van der Waals surface area contributed by atoms with E-state index >= 15 is 0 Å². The van der Waals surface area contributed by atoms with Gasteiger partial charge in [-0.25, -0.2) is 13.1 Å². The van der Waals surface area contributed by atoms with E-state index in [1.165, 1.54) is 6.08 Å². The molecule has 88 valence electrons. The Morgan fingerprint density at radius 2 is 2.07 bits per heavy atom. The van der Waals surface area contributed by atoms with E-state index in [0.29, 0.717) is 6.42 Å². The Balaban J connectivity index is 4.53. The van der Waals surface area contributed by atoms with E-state index in [1.54, 1.807) is 13.8 Å². The minimum atomic E-state index is -3.54. The van der Waals surface area contributed by atoms with E-state index in [4.69, 9.17) is 5.11 Å². The summed E-state index contributed by atoms with van der Waals surface area (Å²) in [5, 5.41) is 8.79. The van der Waals surface area contributed by atoms with Gasteiger partial charge >= 0.3 is 5.97 Å². The molecular weight excluding hydrogens is 218 g/mol. The first kappa shape index (κ1) is 14.1. The third-order valence-corrected chi connectivity index (χ3v) is 3.22. The largest absolute Gasteiger partial charge is 0.480 e. The van der Waals surface area contributed by atoms with Crippen LogP contribution in [0.25, 0.3) is 0 Å². The third-order valence-electron chi connectivity index (χ3n) is 1.83. The summed E-state index contributed by atoms with van der Waals surface area (Å²) in [6.07, 6.45) is 1.78. The second-order valence-electron chi connectivity index (χ2n) is 3.57. The number of carboxylic acids is 1. The SMILES string of the molecule is C=CCCS(=O)(=O)N[C@H](C(=O)O)C(C)C. The van der Waals surface area contributed by atoms with Gasteiger partial charge in [0.2, 0.25) is 10.0 Å². The summed E-state index contributed by atoms with van der Waals surface area (Å²) in [5.41, 5.74) is 0. The van der Waals surface area contributed by atoms with Gasteiger partial charge in [0.25, 0.3) is 0 Å². The highest BCUT2D eigenvalue weighted by Crippen LogP contribution is 2.04. The molecule has 1 atom stereocenters. The van der Waals surface area contributed by atoms with Crippen LogP contribution in [0, 0.1) is 5.92 Å². The molecule has 0 saturated carbocycles. The van der Waals surface area contributed by atoms with E-state index in [0.717, 1.165) is 0 Å². The van der Waals surface area contributed by atoms with Crippen LogP contribution >= 0.6 is 0 Å². The predicted octanol–water partition coefficient (Wildman–Crippen LogP) is 0.591. The van der Waals surface area contributed by atoms with Crippen LogP contribution in [-0.2, 0) is 14.8 Å². The quantitative estimate of drug-likeness (QED) is 0.633. The third kappa shape index (κ3) is 5.54. The van der Waals surface area contributed by atoms with E-state index in [2.05, 4.69) is 11.3 Å². The smallest absolute Gasteiger partial charge is 0.321 e. The van der Waals surface area contributed by atoms with Gasteiger partial charge in [0.15, 0.2) is 0 Å². The highest BCUT2D eigenvalue weighted by molar-refractivity contribution is 7.89. The number of hydrogen-bond donors (Lipinski definition) is 2. The second-order valence-corrected chi connectivity index (χ2v) is 5.45. The van der Waals surface area contributed by atoms with Crippen LogP contribution in [0.15, 0.2) is 12.7 Å². The van der Waals surface area contributed by atoms with Crippen molar-refractivity contribution in [2.24, 2.45) is 5.92 Å². The van der Waals surface area contributed by atoms with Gasteiger partial charge < -0.3 is 5.11 Å². The van der Waals surface area contributed by atoms with Crippen molar-refractivity contribution in [3.63, 3.8) is 0 Å². The summed E-state index contributed by atoms with van der Waals surface area (Å²) in [5.74, 6) is -1.58. The Kier molecular flexibility index (Phi) is 5.53. The van der Waals surface area contributed by atoms with Crippen molar-refractivity contribution in [2.45, 2.75) is 26.3 Å². The molecule has 0 spiro atoms. The molecule has 0 amide bonds. The fourth-order valence-corrected chi connectivity index (χ4v) is 2.32. The first-order valence-corrected chi connectivity index (χ1v) is 6.29. The zero-order valence-electron chi connectivity index (χ0n) is 8.93. The molecule has 0 rings (SSSR count). The summed E-state index contributed by atoms with van der Waals surface area (Å²) < 4.78 is 24.9. The molecule has 2 N–H and O–H groups in total. The molecular formula is C9H17NO4S. The standard InChI is InChI=1S/C9H17NO4S/c1-4-5-6-15(13,14)10-8(7(2)3)9(11)12/h4,7-8,10H,1,5-6H2,2-3H3,(H,11,12)/t8-/m0/s1. The molecule has 0 saturated heterocycles. The van der Waals surface area contributed by atoms with Gasteiger partial charge in [-0.05, 0) is 12.3 Å². The molecule has 0 radical (unpaired) electrons. The fourth-order valence-electron chi connectivity index (χ4n) is 0.963. The molecule has 0 fully saturated rings.